The van der Waals surface area contributed by atoms with E-state index in [2.05, 4.69) is 16.0 Å². The van der Waals surface area contributed by atoms with Crippen molar-refractivity contribution in [1.29, 1.82) is 0 Å². The molecule has 7 heteroatoms. The maximum atomic E-state index is 13.1. The van der Waals surface area contributed by atoms with Crippen LogP contribution in [0.3, 0.4) is 0 Å². The summed E-state index contributed by atoms with van der Waals surface area (Å²) in [6, 6.07) is 13.1. The summed E-state index contributed by atoms with van der Waals surface area (Å²) in [5.41, 5.74) is 3.36. The second-order valence-corrected chi connectivity index (χ2v) is 7.00. The number of hydrogen-bond donors (Lipinski definition) is 2. The van der Waals surface area contributed by atoms with E-state index in [9.17, 15) is 8.78 Å². The minimum absolute atomic E-state index is 0. The van der Waals surface area contributed by atoms with Crippen LogP contribution in [0.2, 0.25) is 0 Å². The van der Waals surface area contributed by atoms with Gasteiger partial charge in [0.2, 0.25) is 0 Å². The first-order valence-corrected chi connectivity index (χ1v) is 9.97. The van der Waals surface area contributed by atoms with Gasteiger partial charge in [0.1, 0.15) is 5.82 Å². The Balaban J connectivity index is 0.000000413. The summed E-state index contributed by atoms with van der Waals surface area (Å²) in [6.45, 7) is 5.65. The van der Waals surface area contributed by atoms with Crippen molar-refractivity contribution >= 4 is 0 Å². The number of aliphatic hydroxyl groups excluding tert-OH is 2. The molecule has 0 fully saturated rings. The van der Waals surface area contributed by atoms with E-state index in [0.29, 0.717) is 23.4 Å². The molecule has 1 radical (unpaired) electrons. The van der Waals surface area contributed by atoms with Gasteiger partial charge in [-0.2, -0.15) is 0 Å². The van der Waals surface area contributed by atoms with Gasteiger partial charge in [-0.3, -0.25) is 9.37 Å². The molecule has 0 bridgehead atoms. The van der Waals surface area contributed by atoms with E-state index in [1.165, 1.54) is 24.3 Å². The van der Waals surface area contributed by atoms with E-state index in [1.54, 1.807) is 24.4 Å². The summed E-state index contributed by atoms with van der Waals surface area (Å²) < 4.78 is 26.1. The Morgan fingerprint density at radius 3 is 2.00 bits per heavy atom. The van der Waals surface area contributed by atoms with Gasteiger partial charge in [0.05, 0.1) is 23.6 Å². The maximum absolute atomic E-state index is 13.1. The van der Waals surface area contributed by atoms with Crippen molar-refractivity contribution in [3.05, 3.63) is 72.1 Å². The summed E-state index contributed by atoms with van der Waals surface area (Å²) in [6.07, 6.45) is 2.99. The first-order chi connectivity index (χ1) is 14.3. The van der Waals surface area contributed by atoms with Gasteiger partial charge in [-0.05, 0) is 43.9 Å². The summed E-state index contributed by atoms with van der Waals surface area (Å²) in [7, 11) is 0. The van der Waals surface area contributed by atoms with Crippen LogP contribution in [-0.4, -0.2) is 32.4 Å². The monoisotopic (exact) mass is 606 g/mol. The molecule has 2 atom stereocenters. The molecule has 0 aliphatic carbocycles. The Kier molecular flexibility index (Phi) is 11.6. The number of hydrogen-bond acceptors (Lipinski definition) is 4. The van der Waals surface area contributed by atoms with E-state index >= 15 is 0 Å². The largest absolute Gasteiger partial charge is 0.393 e. The van der Waals surface area contributed by atoms with E-state index < -0.39 is 0 Å². The fourth-order valence-electron chi connectivity index (χ4n) is 2.68. The van der Waals surface area contributed by atoms with Crippen LogP contribution in [0.15, 0.2) is 48.7 Å². The van der Waals surface area contributed by atoms with Crippen molar-refractivity contribution in [3.63, 3.8) is 0 Å². The summed E-state index contributed by atoms with van der Waals surface area (Å²) in [4.78, 5) is 8.84. The third-order valence-corrected chi connectivity index (χ3v) is 4.53. The first kappa shape index (κ1) is 27.0. The van der Waals surface area contributed by atoms with Crippen molar-refractivity contribution in [2.75, 3.05) is 0 Å². The molecule has 0 saturated heterocycles. The molecule has 1 aromatic heterocycles. The Hall–Kier alpha value is -2.05. The van der Waals surface area contributed by atoms with E-state index in [4.69, 9.17) is 10.2 Å². The zero-order chi connectivity index (χ0) is 22.1. The molecule has 2 aromatic carbocycles. The maximum Gasteiger partial charge on any atom is 0.123 e. The Morgan fingerprint density at radius 1 is 0.903 bits per heavy atom. The zero-order valence-corrected chi connectivity index (χ0v) is 20.2. The molecule has 0 saturated carbocycles. The van der Waals surface area contributed by atoms with Crippen LogP contribution in [0, 0.1) is 24.6 Å². The number of aryl methyl sites for hydroxylation is 1. The fraction of sp³-hybridized carbons (Fsp3) is 0.333. The van der Waals surface area contributed by atoms with Gasteiger partial charge in [0, 0.05) is 37.8 Å². The molecule has 31 heavy (non-hydrogen) atoms. The van der Waals surface area contributed by atoms with Crippen molar-refractivity contribution in [1.82, 2.24) is 9.97 Å². The quantitative estimate of drug-likeness (QED) is 0.384. The summed E-state index contributed by atoms with van der Waals surface area (Å²) >= 11 is 0. The van der Waals surface area contributed by atoms with Crippen LogP contribution in [0.25, 0.3) is 22.5 Å². The number of rotatable bonds is 6. The Morgan fingerprint density at radius 2 is 1.48 bits per heavy atom. The molecule has 0 spiro atoms. The number of benzene rings is 2. The minimum atomic E-state index is -0.359. The number of aromatic nitrogens is 2. The van der Waals surface area contributed by atoms with Gasteiger partial charge in [-0.1, -0.05) is 26.0 Å². The summed E-state index contributed by atoms with van der Waals surface area (Å²) in [5.74, 6) is -0.670. The average Bonchev–Trinajstić information content (AvgIpc) is 2.75. The molecule has 0 aliphatic heterocycles. The van der Waals surface area contributed by atoms with Gasteiger partial charge < -0.3 is 15.2 Å². The third-order valence-electron chi connectivity index (χ3n) is 4.53. The smallest absolute Gasteiger partial charge is 0.123 e. The molecule has 2 N–H and O–H groups in total. The molecule has 0 amide bonds. The van der Waals surface area contributed by atoms with Crippen LogP contribution in [-0.2, 0) is 20.1 Å². The molecule has 0 aliphatic rings. The van der Waals surface area contributed by atoms with Crippen molar-refractivity contribution < 1.29 is 39.1 Å². The number of aliphatic hydroxyl groups is 2. The molecule has 169 valence electrons. The average molecular weight is 606 g/mol. The number of halogens is 2. The van der Waals surface area contributed by atoms with Crippen LogP contribution in [0.5, 0.6) is 0 Å². The van der Waals surface area contributed by atoms with Crippen molar-refractivity contribution in [3.8, 4) is 22.5 Å². The summed E-state index contributed by atoms with van der Waals surface area (Å²) in [5, 5.41) is 18.0. The van der Waals surface area contributed by atoms with Gasteiger partial charge in [-0.25, -0.2) is 4.39 Å². The minimum Gasteiger partial charge on any atom is -0.393 e. The second kappa shape index (κ2) is 13.4. The topological polar surface area (TPSA) is 66.2 Å². The van der Waals surface area contributed by atoms with Crippen LogP contribution < -0.4 is 0 Å². The first-order valence-electron chi connectivity index (χ1n) is 9.97. The number of nitrogens with zero attached hydrogens (tertiary/aromatic N) is 2. The predicted molar refractivity (Wildman–Crippen MR) is 114 cm³/mol. The van der Waals surface area contributed by atoms with Gasteiger partial charge in [-0.15, -0.1) is 29.8 Å². The molecular formula is C24H27F2IrN2O2-. The van der Waals surface area contributed by atoms with Crippen molar-refractivity contribution in [2.24, 2.45) is 0 Å². The molecule has 3 aromatic rings. The predicted octanol–water partition coefficient (Wildman–Crippen LogP) is 5.11. The van der Waals surface area contributed by atoms with E-state index in [0.717, 1.165) is 24.1 Å². The fourth-order valence-corrected chi connectivity index (χ4v) is 2.68. The van der Waals surface area contributed by atoms with Gasteiger partial charge >= 0.3 is 0 Å². The normalized spacial score (nSPS) is 12.2. The van der Waals surface area contributed by atoms with Crippen LogP contribution in [0.1, 0.15) is 38.8 Å². The van der Waals surface area contributed by atoms with Gasteiger partial charge in [0.15, 0.2) is 0 Å². The molecular weight excluding hydrogens is 578 g/mol. The van der Waals surface area contributed by atoms with Crippen molar-refractivity contribution in [2.45, 2.75) is 52.2 Å². The standard InChI is InChI=1S/C17H11F2N2.C7H16O2.Ir/c1-11-10-20-16(12-2-6-14(18)7-3-12)17(21-11)13-4-8-15(19)9-5-13;1-3-6(8)5-7(9)4-2;/h2,4-10H,1H3;6-9H,3-5H2,1-2H3;/q-1;;. The Labute approximate surface area is 195 Å². The zero-order valence-electron chi connectivity index (χ0n) is 17.8. The van der Waals surface area contributed by atoms with E-state index in [-0.39, 0.29) is 43.9 Å². The van der Waals surface area contributed by atoms with Crippen LogP contribution >= 0.6 is 0 Å². The Bertz CT molecular complexity index is 914. The SMILES string of the molecule is CCC(O)CC(O)CC.Cc1cnc(-c2[c-]cc(F)cc2)c(-c2ccc(F)cc2)n1.[Ir]. The molecule has 3 rings (SSSR count). The molecule has 2 unspecified atom stereocenters. The molecule has 4 nitrogen and oxygen atoms in total. The van der Waals surface area contributed by atoms with Gasteiger partial charge in [0.25, 0.3) is 0 Å². The molecule has 1 heterocycles. The van der Waals surface area contributed by atoms with Crippen LogP contribution in [0.4, 0.5) is 8.78 Å². The van der Waals surface area contributed by atoms with E-state index in [1.807, 2.05) is 20.8 Å². The second-order valence-electron chi connectivity index (χ2n) is 7.00. The third kappa shape index (κ3) is 8.54.